The Labute approximate surface area is 121 Å². The van der Waals surface area contributed by atoms with Crippen molar-refractivity contribution in [2.24, 2.45) is 5.92 Å². The van der Waals surface area contributed by atoms with E-state index in [1.54, 1.807) is 4.68 Å². The summed E-state index contributed by atoms with van der Waals surface area (Å²) in [5.41, 5.74) is 6.25. The molecule has 1 unspecified atom stereocenters. The lowest BCUT2D eigenvalue weighted by Crippen LogP contribution is -2.13. The number of rotatable bonds is 5. The Kier molecular flexibility index (Phi) is 3.57. The van der Waals surface area contributed by atoms with Gasteiger partial charge in [0.2, 0.25) is 0 Å². The highest BCUT2D eigenvalue weighted by molar-refractivity contribution is 5.71. The molecule has 7 heteroatoms. The van der Waals surface area contributed by atoms with Gasteiger partial charge in [0, 0.05) is 17.3 Å². The zero-order valence-corrected chi connectivity index (χ0v) is 11.8. The van der Waals surface area contributed by atoms with E-state index in [9.17, 15) is 8.78 Å². The summed E-state index contributed by atoms with van der Waals surface area (Å²) in [6.07, 6.45) is 4.35. The van der Waals surface area contributed by atoms with Gasteiger partial charge in [-0.25, -0.2) is 13.5 Å². The summed E-state index contributed by atoms with van der Waals surface area (Å²) >= 11 is 0. The Morgan fingerprint density at radius 2 is 2.05 bits per heavy atom. The lowest BCUT2D eigenvalue weighted by Gasteiger charge is -2.16. The number of nitrogens with zero attached hydrogens (tertiary/aromatic N) is 4. The highest BCUT2D eigenvalue weighted by atomic mass is 19.2. The van der Waals surface area contributed by atoms with E-state index in [-0.39, 0.29) is 11.7 Å². The smallest absolute Gasteiger partial charge is 0.184 e. The van der Waals surface area contributed by atoms with E-state index in [0.717, 1.165) is 25.0 Å². The van der Waals surface area contributed by atoms with Crippen LogP contribution in [-0.4, -0.2) is 20.2 Å². The van der Waals surface area contributed by atoms with E-state index in [4.69, 9.17) is 5.73 Å². The Balaban J connectivity index is 1.99. The second-order valence-electron chi connectivity index (χ2n) is 5.54. The van der Waals surface area contributed by atoms with Crippen LogP contribution in [-0.2, 0) is 0 Å². The van der Waals surface area contributed by atoms with Crippen molar-refractivity contribution in [1.29, 1.82) is 0 Å². The molecule has 1 aromatic carbocycles. The van der Waals surface area contributed by atoms with E-state index in [1.165, 1.54) is 12.8 Å². The minimum atomic E-state index is -0.972. The average molecular weight is 293 g/mol. The lowest BCUT2D eigenvalue weighted by molar-refractivity contribution is 0.388. The standard InChI is InChI=1S/C14H17F2N5/c1-2-9(5-8-3-4-8)21-14(18-19-20-21)10-6-11(15)12(16)7-13(10)17/h6-9H,2-5,17H2,1H3. The van der Waals surface area contributed by atoms with Gasteiger partial charge in [0.25, 0.3) is 0 Å². The summed E-state index contributed by atoms with van der Waals surface area (Å²) in [6.45, 7) is 2.06. The van der Waals surface area contributed by atoms with Gasteiger partial charge in [-0.15, -0.1) is 5.10 Å². The summed E-state index contributed by atoms with van der Waals surface area (Å²) in [7, 11) is 0. The Morgan fingerprint density at radius 3 is 2.71 bits per heavy atom. The van der Waals surface area contributed by atoms with Gasteiger partial charge < -0.3 is 5.73 Å². The van der Waals surface area contributed by atoms with Crippen molar-refractivity contribution < 1.29 is 8.78 Å². The van der Waals surface area contributed by atoms with Crippen molar-refractivity contribution in [3.05, 3.63) is 23.8 Å². The van der Waals surface area contributed by atoms with Gasteiger partial charge in [-0.05, 0) is 35.3 Å². The number of tetrazole rings is 1. The van der Waals surface area contributed by atoms with Crippen LogP contribution in [0.1, 0.15) is 38.6 Å². The minimum Gasteiger partial charge on any atom is -0.398 e. The fourth-order valence-corrected chi connectivity index (χ4v) is 2.55. The molecule has 1 aliphatic rings. The molecule has 21 heavy (non-hydrogen) atoms. The molecule has 1 heterocycles. The van der Waals surface area contributed by atoms with Gasteiger partial charge in [0.15, 0.2) is 17.5 Å². The molecule has 112 valence electrons. The summed E-state index contributed by atoms with van der Waals surface area (Å²) < 4.78 is 28.4. The van der Waals surface area contributed by atoms with Crippen LogP contribution in [0.15, 0.2) is 12.1 Å². The molecule has 1 aromatic heterocycles. The number of hydrogen-bond donors (Lipinski definition) is 1. The van der Waals surface area contributed by atoms with Crippen molar-refractivity contribution in [2.75, 3.05) is 5.73 Å². The fourth-order valence-electron chi connectivity index (χ4n) is 2.55. The molecule has 2 aromatic rings. The Morgan fingerprint density at radius 1 is 1.33 bits per heavy atom. The molecule has 2 N–H and O–H groups in total. The van der Waals surface area contributed by atoms with Crippen LogP contribution < -0.4 is 5.73 Å². The zero-order chi connectivity index (χ0) is 15.0. The molecule has 0 saturated heterocycles. The molecule has 5 nitrogen and oxygen atoms in total. The van der Waals surface area contributed by atoms with Gasteiger partial charge in [-0.3, -0.25) is 0 Å². The van der Waals surface area contributed by atoms with Crippen molar-refractivity contribution in [3.63, 3.8) is 0 Å². The molecular formula is C14H17F2N5. The largest absolute Gasteiger partial charge is 0.398 e. The van der Waals surface area contributed by atoms with Gasteiger partial charge in [-0.2, -0.15) is 0 Å². The molecule has 0 bridgehead atoms. The van der Waals surface area contributed by atoms with Crippen LogP contribution in [0.5, 0.6) is 0 Å². The maximum atomic E-state index is 13.5. The monoisotopic (exact) mass is 293 g/mol. The second kappa shape index (κ2) is 5.38. The third-order valence-corrected chi connectivity index (χ3v) is 3.95. The summed E-state index contributed by atoms with van der Waals surface area (Å²) in [5.74, 6) is -0.822. The van der Waals surface area contributed by atoms with E-state index in [2.05, 4.69) is 22.4 Å². The first-order chi connectivity index (χ1) is 10.1. The number of halogens is 2. The number of benzene rings is 1. The van der Waals surface area contributed by atoms with Gasteiger partial charge in [-0.1, -0.05) is 19.8 Å². The molecule has 3 rings (SSSR count). The second-order valence-corrected chi connectivity index (χ2v) is 5.54. The van der Waals surface area contributed by atoms with Crippen LogP contribution in [0.2, 0.25) is 0 Å². The van der Waals surface area contributed by atoms with E-state index >= 15 is 0 Å². The zero-order valence-electron chi connectivity index (χ0n) is 11.8. The molecular weight excluding hydrogens is 276 g/mol. The highest BCUT2D eigenvalue weighted by Gasteiger charge is 2.28. The van der Waals surface area contributed by atoms with Crippen LogP contribution in [0.3, 0.4) is 0 Å². The number of nitrogens with two attached hydrogens (primary N) is 1. The van der Waals surface area contributed by atoms with Crippen molar-refractivity contribution >= 4 is 5.69 Å². The fraction of sp³-hybridized carbons (Fsp3) is 0.500. The first kappa shape index (κ1) is 13.9. The predicted molar refractivity (Wildman–Crippen MR) is 74.3 cm³/mol. The summed E-state index contributed by atoms with van der Waals surface area (Å²) in [4.78, 5) is 0. The normalized spacial score (nSPS) is 16.1. The number of anilines is 1. The third-order valence-electron chi connectivity index (χ3n) is 3.95. The van der Waals surface area contributed by atoms with Crippen molar-refractivity contribution in [3.8, 4) is 11.4 Å². The van der Waals surface area contributed by atoms with E-state index < -0.39 is 11.6 Å². The topological polar surface area (TPSA) is 69.6 Å². The minimum absolute atomic E-state index is 0.131. The summed E-state index contributed by atoms with van der Waals surface area (Å²) in [6, 6.07) is 2.16. The van der Waals surface area contributed by atoms with Crippen LogP contribution in [0.25, 0.3) is 11.4 Å². The predicted octanol–water partition coefficient (Wildman–Crippen LogP) is 2.95. The van der Waals surface area contributed by atoms with Crippen LogP contribution in [0, 0.1) is 17.6 Å². The van der Waals surface area contributed by atoms with Crippen molar-refractivity contribution in [2.45, 2.75) is 38.6 Å². The SMILES string of the molecule is CCC(CC1CC1)n1nnnc1-c1cc(F)c(F)cc1N. The molecule has 0 radical (unpaired) electrons. The summed E-state index contributed by atoms with van der Waals surface area (Å²) in [5, 5.41) is 11.6. The van der Waals surface area contributed by atoms with E-state index in [1.807, 2.05) is 0 Å². The van der Waals surface area contributed by atoms with Gasteiger partial charge >= 0.3 is 0 Å². The number of aromatic nitrogens is 4. The number of hydrogen-bond acceptors (Lipinski definition) is 4. The molecule has 1 fully saturated rings. The molecule has 1 atom stereocenters. The van der Waals surface area contributed by atoms with Crippen LogP contribution in [0.4, 0.5) is 14.5 Å². The molecule has 0 spiro atoms. The van der Waals surface area contributed by atoms with Gasteiger partial charge in [0.1, 0.15) is 0 Å². The van der Waals surface area contributed by atoms with Gasteiger partial charge in [0.05, 0.1) is 6.04 Å². The highest BCUT2D eigenvalue weighted by Crippen LogP contribution is 2.39. The van der Waals surface area contributed by atoms with Crippen molar-refractivity contribution in [1.82, 2.24) is 20.2 Å². The van der Waals surface area contributed by atoms with Crippen LogP contribution >= 0.6 is 0 Å². The maximum Gasteiger partial charge on any atom is 0.184 e. The lowest BCUT2D eigenvalue weighted by atomic mass is 10.1. The molecule has 1 aliphatic carbocycles. The molecule has 0 aliphatic heterocycles. The average Bonchev–Trinajstić information content (AvgIpc) is 3.15. The quantitative estimate of drug-likeness (QED) is 0.860. The molecule has 1 saturated carbocycles. The third kappa shape index (κ3) is 2.72. The maximum absolute atomic E-state index is 13.5. The Hall–Kier alpha value is -2.05. The molecule has 0 amide bonds. The first-order valence-electron chi connectivity index (χ1n) is 7.13. The Bertz CT molecular complexity index is 651. The number of nitrogen functional groups attached to an aromatic ring is 1. The first-order valence-corrected chi connectivity index (χ1v) is 7.13. The van der Waals surface area contributed by atoms with E-state index in [0.29, 0.717) is 17.3 Å².